The normalized spacial score (nSPS) is 11.9. The quantitative estimate of drug-likeness (QED) is 0.856. The average molecular weight is 286 g/mol. The van der Waals surface area contributed by atoms with E-state index in [0.717, 1.165) is 22.4 Å². The van der Waals surface area contributed by atoms with Gasteiger partial charge in [-0.25, -0.2) is 4.72 Å². The third-order valence-electron chi connectivity index (χ3n) is 3.23. The Morgan fingerprint density at radius 2 is 1.84 bits per heavy atom. The first-order valence-corrected chi connectivity index (χ1v) is 7.53. The van der Waals surface area contributed by atoms with E-state index in [2.05, 4.69) is 4.72 Å². The molecule has 0 aromatic heterocycles. The number of nitrogens with one attached hydrogen (secondary N) is 1. The van der Waals surface area contributed by atoms with Crippen molar-refractivity contribution in [3.63, 3.8) is 0 Å². The SMILES string of the molecule is COc1ccc(CCNS(=O)(=O)N(C)C)c(C)c1C. The minimum atomic E-state index is -3.35. The maximum Gasteiger partial charge on any atom is 0.278 e. The van der Waals surface area contributed by atoms with Gasteiger partial charge in [-0.15, -0.1) is 0 Å². The summed E-state index contributed by atoms with van der Waals surface area (Å²) in [4.78, 5) is 0. The highest BCUT2D eigenvalue weighted by Gasteiger charge is 2.12. The molecule has 1 rings (SSSR count). The van der Waals surface area contributed by atoms with Crippen molar-refractivity contribution in [2.45, 2.75) is 20.3 Å². The van der Waals surface area contributed by atoms with Crippen LogP contribution in [0.1, 0.15) is 16.7 Å². The molecule has 19 heavy (non-hydrogen) atoms. The van der Waals surface area contributed by atoms with Crippen molar-refractivity contribution < 1.29 is 13.2 Å². The molecule has 108 valence electrons. The van der Waals surface area contributed by atoms with Crippen LogP contribution in [-0.4, -0.2) is 40.5 Å². The van der Waals surface area contributed by atoms with Gasteiger partial charge in [-0.1, -0.05) is 6.07 Å². The first kappa shape index (κ1) is 15.9. The Balaban J connectivity index is 2.72. The zero-order valence-corrected chi connectivity index (χ0v) is 13.0. The lowest BCUT2D eigenvalue weighted by molar-refractivity contribution is 0.411. The molecule has 0 saturated carbocycles. The van der Waals surface area contributed by atoms with Crippen molar-refractivity contribution >= 4 is 10.2 Å². The predicted molar refractivity (Wildman–Crippen MR) is 76.8 cm³/mol. The van der Waals surface area contributed by atoms with E-state index in [1.54, 1.807) is 7.11 Å². The summed E-state index contributed by atoms with van der Waals surface area (Å²) in [7, 11) is 1.31. The van der Waals surface area contributed by atoms with E-state index in [1.165, 1.54) is 18.4 Å². The van der Waals surface area contributed by atoms with Crippen molar-refractivity contribution in [1.82, 2.24) is 9.03 Å². The molecule has 0 aliphatic rings. The van der Waals surface area contributed by atoms with Crippen LogP contribution in [0.4, 0.5) is 0 Å². The fourth-order valence-corrected chi connectivity index (χ4v) is 2.41. The van der Waals surface area contributed by atoms with Gasteiger partial charge in [0, 0.05) is 20.6 Å². The molecule has 0 fully saturated rings. The van der Waals surface area contributed by atoms with Gasteiger partial charge < -0.3 is 4.74 Å². The molecule has 6 heteroatoms. The molecule has 0 heterocycles. The summed E-state index contributed by atoms with van der Waals surface area (Å²) in [5.41, 5.74) is 3.36. The number of ether oxygens (including phenoxy) is 1. The van der Waals surface area contributed by atoms with Crippen molar-refractivity contribution in [1.29, 1.82) is 0 Å². The molecule has 1 N–H and O–H groups in total. The third kappa shape index (κ3) is 3.92. The zero-order valence-electron chi connectivity index (χ0n) is 12.1. The van der Waals surface area contributed by atoms with Crippen molar-refractivity contribution in [3.8, 4) is 5.75 Å². The lowest BCUT2D eigenvalue weighted by Gasteiger charge is -2.14. The van der Waals surface area contributed by atoms with Crippen LogP contribution in [0.5, 0.6) is 5.75 Å². The van der Waals surface area contributed by atoms with Crippen LogP contribution in [0.3, 0.4) is 0 Å². The molecular formula is C13H22N2O3S. The standard InChI is InChI=1S/C13H22N2O3S/c1-10-11(2)13(18-5)7-6-12(10)8-9-14-19(16,17)15(3)4/h6-7,14H,8-9H2,1-5H3. The van der Waals surface area contributed by atoms with Crippen LogP contribution in [0.25, 0.3) is 0 Å². The second-order valence-electron chi connectivity index (χ2n) is 4.61. The van der Waals surface area contributed by atoms with Gasteiger partial charge in [-0.05, 0) is 43.0 Å². The molecule has 0 aliphatic carbocycles. The number of benzene rings is 1. The fraction of sp³-hybridized carbons (Fsp3) is 0.538. The molecule has 0 radical (unpaired) electrons. The van der Waals surface area contributed by atoms with Gasteiger partial charge in [0.05, 0.1) is 7.11 Å². The number of hydrogen-bond donors (Lipinski definition) is 1. The zero-order chi connectivity index (χ0) is 14.6. The lowest BCUT2D eigenvalue weighted by atomic mass is 10.0. The van der Waals surface area contributed by atoms with Crippen LogP contribution >= 0.6 is 0 Å². The van der Waals surface area contributed by atoms with Crippen LogP contribution in [0.15, 0.2) is 12.1 Å². The second-order valence-corrected chi connectivity index (χ2v) is 6.58. The van der Waals surface area contributed by atoms with Gasteiger partial charge in [0.2, 0.25) is 0 Å². The topological polar surface area (TPSA) is 58.6 Å². The molecule has 0 saturated heterocycles. The van der Waals surface area contributed by atoms with Gasteiger partial charge in [-0.2, -0.15) is 12.7 Å². The lowest BCUT2D eigenvalue weighted by Crippen LogP contribution is -2.36. The Bertz CT molecular complexity index is 539. The molecule has 0 unspecified atom stereocenters. The van der Waals surface area contributed by atoms with Crippen LogP contribution in [-0.2, 0) is 16.6 Å². The van der Waals surface area contributed by atoms with E-state index in [9.17, 15) is 8.42 Å². The number of nitrogens with zero attached hydrogens (tertiary/aromatic N) is 1. The van der Waals surface area contributed by atoms with E-state index in [4.69, 9.17) is 4.74 Å². The van der Waals surface area contributed by atoms with Crippen molar-refractivity contribution in [2.24, 2.45) is 0 Å². The summed E-state index contributed by atoms with van der Waals surface area (Å²) in [5.74, 6) is 0.857. The van der Waals surface area contributed by atoms with E-state index in [-0.39, 0.29) is 0 Å². The first-order chi connectivity index (χ1) is 8.79. The van der Waals surface area contributed by atoms with Gasteiger partial charge in [0.1, 0.15) is 5.75 Å². The maximum absolute atomic E-state index is 11.6. The van der Waals surface area contributed by atoms with E-state index in [0.29, 0.717) is 13.0 Å². The Morgan fingerprint density at radius 3 is 2.37 bits per heavy atom. The average Bonchev–Trinajstić information content (AvgIpc) is 2.34. The largest absolute Gasteiger partial charge is 0.496 e. The Morgan fingerprint density at radius 1 is 1.21 bits per heavy atom. The summed E-state index contributed by atoms with van der Waals surface area (Å²) in [6, 6.07) is 3.89. The van der Waals surface area contributed by atoms with Crippen LogP contribution in [0, 0.1) is 13.8 Å². The third-order valence-corrected chi connectivity index (χ3v) is 4.76. The van der Waals surface area contributed by atoms with E-state index >= 15 is 0 Å². The molecule has 5 nitrogen and oxygen atoms in total. The highest BCUT2D eigenvalue weighted by molar-refractivity contribution is 7.87. The first-order valence-electron chi connectivity index (χ1n) is 6.09. The highest BCUT2D eigenvalue weighted by Crippen LogP contribution is 2.23. The monoisotopic (exact) mass is 286 g/mol. The number of methoxy groups -OCH3 is 1. The van der Waals surface area contributed by atoms with Gasteiger partial charge in [-0.3, -0.25) is 0 Å². The molecule has 0 atom stereocenters. The van der Waals surface area contributed by atoms with Gasteiger partial charge in [0.15, 0.2) is 0 Å². The Kier molecular flexibility index (Phi) is 5.34. The van der Waals surface area contributed by atoms with E-state index in [1.807, 2.05) is 26.0 Å². The molecule has 0 spiro atoms. The second kappa shape index (κ2) is 6.36. The molecule has 0 bridgehead atoms. The summed E-state index contributed by atoms with van der Waals surface area (Å²) >= 11 is 0. The maximum atomic E-state index is 11.6. The van der Waals surface area contributed by atoms with Gasteiger partial charge in [0.25, 0.3) is 10.2 Å². The fourth-order valence-electron chi connectivity index (χ4n) is 1.79. The van der Waals surface area contributed by atoms with Crippen molar-refractivity contribution in [3.05, 3.63) is 28.8 Å². The Labute approximate surface area is 115 Å². The summed E-state index contributed by atoms with van der Waals surface area (Å²) in [6.07, 6.45) is 0.656. The van der Waals surface area contributed by atoms with E-state index < -0.39 is 10.2 Å². The Hall–Kier alpha value is -1.11. The molecule has 1 aromatic carbocycles. The summed E-state index contributed by atoms with van der Waals surface area (Å²) < 4.78 is 32.1. The molecule has 0 amide bonds. The van der Waals surface area contributed by atoms with Crippen LogP contribution < -0.4 is 9.46 Å². The highest BCUT2D eigenvalue weighted by atomic mass is 32.2. The number of hydrogen-bond acceptors (Lipinski definition) is 3. The number of rotatable bonds is 6. The molecule has 0 aliphatic heterocycles. The smallest absolute Gasteiger partial charge is 0.278 e. The predicted octanol–water partition coefficient (Wildman–Crippen LogP) is 1.25. The van der Waals surface area contributed by atoms with Gasteiger partial charge >= 0.3 is 0 Å². The van der Waals surface area contributed by atoms with Crippen LogP contribution in [0.2, 0.25) is 0 Å². The molecular weight excluding hydrogens is 264 g/mol. The summed E-state index contributed by atoms with van der Waals surface area (Å²) in [6.45, 7) is 4.41. The minimum absolute atomic E-state index is 0.382. The van der Waals surface area contributed by atoms with Crippen molar-refractivity contribution in [2.75, 3.05) is 27.7 Å². The summed E-state index contributed by atoms with van der Waals surface area (Å²) in [5, 5.41) is 0. The minimum Gasteiger partial charge on any atom is -0.496 e. The molecule has 1 aromatic rings.